The zero-order valence-corrected chi connectivity index (χ0v) is 12.4. The molecular formula is C17H24N2. The van der Waals surface area contributed by atoms with Gasteiger partial charge in [-0.2, -0.15) is 0 Å². The zero-order valence-electron chi connectivity index (χ0n) is 12.4. The number of fused-ring (bicyclic) bond motifs is 1. The van der Waals surface area contributed by atoms with Gasteiger partial charge in [0.1, 0.15) is 0 Å². The van der Waals surface area contributed by atoms with Crippen LogP contribution in [0.5, 0.6) is 0 Å². The van der Waals surface area contributed by atoms with Crippen molar-refractivity contribution in [2.24, 2.45) is 11.1 Å². The Hall–Kier alpha value is -1.41. The molecule has 2 aromatic rings. The smallest absolute Gasteiger partial charge is 0.0708 e. The van der Waals surface area contributed by atoms with Gasteiger partial charge in [0.2, 0.25) is 0 Å². The predicted octanol–water partition coefficient (Wildman–Crippen LogP) is 4.37. The van der Waals surface area contributed by atoms with Crippen molar-refractivity contribution in [3.8, 4) is 0 Å². The average Bonchev–Trinajstić information content (AvgIpc) is 2.35. The van der Waals surface area contributed by atoms with Gasteiger partial charge in [-0.15, -0.1) is 0 Å². The summed E-state index contributed by atoms with van der Waals surface area (Å²) < 4.78 is 0. The average molecular weight is 256 g/mol. The van der Waals surface area contributed by atoms with Crippen LogP contribution in [0, 0.1) is 12.3 Å². The van der Waals surface area contributed by atoms with Crippen molar-refractivity contribution in [1.82, 2.24) is 4.98 Å². The lowest BCUT2D eigenvalue weighted by Gasteiger charge is -2.21. The second-order valence-corrected chi connectivity index (χ2v) is 6.59. The van der Waals surface area contributed by atoms with E-state index in [1.54, 1.807) is 0 Å². The van der Waals surface area contributed by atoms with E-state index in [1.165, 1.54) is 10.9 Å². The van der Waals surface area contributed by atoms with Crippen molar-refractivity contribution in [2.45, 2.75) is 46.6 Å². The van der Waals surface area contributed by atoms with Crippen LogP contribution in [0.25, 0.3) is 10.9 Å². The lowest BCUT2D eigenvalue weighted by atomic mass is 9.88. The molecule has 2 nitrogen and oxygen atoms in total. The van der Waals surface area contributed by atoms with E-state index < -0.39 is 0 Å². The molecule has 1 heterocycles. The minimum Gasteiger partial charge on any atom is -0.323 e. The van der Waals surface area contributed by atoms with Gasteiger partial charge < -0.3 is 5.73 Å². The quantitative estimate of drug-likeness (QED) is 0.885. The molecule has 0 amide bonds. The number of aryl methyl sites for hydroxylation is 1. The summed E-state index contributed by atoms with van der Waals surface area (Å²) in [7, 11) is 0. The molecule has 1 atom stereocenters. The maximum absolute atomic E-state index is 6.30. The number of nitrogens with zero attached hydrogens (tertiary/aromatic N) is 1. The van der Waals surface area contributed by atoms with Crippen LogP contribution in [-0.2, 0) is 0 Å². The molecular weight excluding hydrogens is 232 g/mol. The minimum atomic E-state index is 0.0301. The Kier molecular flexibility index (Phi) is 3.91. The van der Waals surface area contributed by atoms with E-state index in [4.69, 9.17) is 10.7 Å². The molecule has 0 aliphatic carbocycles. The number of para-hydroxylation sites is 1. The summed E-state index contributed by atoms with van der Waals surface area (Å²) in [5.41, 5.74) is 9.94. The fraction of sp³-hybridized carbons (Fsp3) is 0.471. The Balaban J connectivity index is 2.25. The second kappa shape index (κ2) is 5.30. The van der Waals surface area contributed by atoms with Crippen molar-refractivity contribution >= 4 is 10.9 Å². The van der Waals surface area contributed by atoms with Gasteiger partial charge in [-0.1, -0.05) is 39.0 Å². The fourth-order valence-corrected chi connectivity index (χ4v) is 2.30. The highest BCUT2D eigenvalue weighted by atomic mass is 14.8. The molecule has 19 heavy (non-hydrogen) atoms. The highest BCUT2D eigenvalue weighted by Crippen LogP contribution is 2.27. The Morgan fingerprint density at radius 2 is 1.89 bits per heavy atom. The van der Waals surface area contributed by atoms with Gasteiger partial charge in [0.05, 0.1) is 11.2 Å². The molecule has 1 aromatic heterocycles. The molecule has 0 aliphatic rings. The van der Waals surface area contributed by atoms with Crippen LogP contribution in [-0.4, -0.2) is 4.98 Å². The van der Waals surface area contributed by atoms with Gasteiger partial charge in [-0.25, -0.2) is 0 Å². The van der Waals surface area contributed by atoms with Gasteiger partial charge >= 0.3 is 0 Å². The van der Waals surface area contributed by atoms with Gasteiger partial charge in [0.15, 0.2) is 0 Å². The molecule has 0 spiro atoms. The van der Waals surface area contributed by atoms with Gasteiger partial charge in [-0.3, -0.25) is 4.98 Å². The van der Waals surface area contributed by atoms with Crippen molar-refractivity contribution in [3.05, 3.63) is 41.6 Å². The molecule has 102 valence electrons. The first-order valence-electron chi connectivity index (χ1n) is 6.99. The third kappa shape index (κ3) is 3.54. The molecule has 0 saturated heterocycles. The molecule has 2 rings (SSSR count). The summed E-state index contributed by atoms with van der Waals surface area (Å²) in [5, 5.41) is 1.22. The largest absolute Gasteiger partial charge is 0.323 e. The second-order valence-electron chi connectivity index (χ2n) is 6.59. The first-order valence-corrected chi connectivity index (χ1v) is 6.99. The maximum atomic E-state index is 6.30. The summed E-state index contributed by atoms with van der Waals surface area (Å²) in [4.78, 5) is 4.71. The highest BCUT2D eigenvalue weighted by molar-refractivity contribution is 5.82. The molecule has 1 aromatic carbocycles. The van der Waals surface area contributed by atoms with E-state index in [0.29, 0.717) is 5.41 Å². The number of pyridine rings is 1. The van der Waals surface area contributed by atoms with Crippen LogP contribution >= 0.6 is 0 Å². The highest BCUT2D eigenvalue weighted by Gasteiger charge is 2.15. The van der Waals surface area contributed by atoms with Crippen LogP contribution in [0.15, 0.2) is 30.3 Å². The molecule has 2 N–H and O–H groups in total. The van der Waals surface area contributed by atoms with Gasteiger partial charge in [-0.05, 0) is 42.9 Å². The van der Waals surface area contributed by atoms with E-state index in [-0.39, 0.29) is 6.04 Å². The van der Waals surface area contributed by atoms with Crippen LogP contribution in [0.4, 0.5) is 0 Å². The SMILES string of the molecule is Cc1cc(C(N)CCC(C)(C)C)nc2ccccc12. The number of nitrogens with two attached hydrogens (primary N) is 1. The van der Waals surface area contributed by atoms with Crippen LogP contribution < -0.4 is 5.73 Å². The van der Waals surface area contributed by atoms with E-state index in [2.05, 4.69) is 52.0 Å². The van der Waals surface area contributed by atoms with E-state index >= 15 is 0 Å². The third-order valence-corrected chi connectivity index (χ3v) is 3.53. The zero-order chi connectivity index (χ0) is 14.0. The summed E-state index contributed by atoms with van der Waals surface area (Å²) in [6.45, 7) is 8.88. The fourth-order valence-electron chi connectivity index (χ4n) is 2.30. The minimum absolute atomic E-state index is 0.0301. The van der Waals surface area contributed by atoms with Crippen LogP contribution in [0.3, 0.4) is 0 Å². The van der Waals surface area contributed by atoms with Gasteiger partial charge in [0.25, 0.3) is 0 Å². The number of aromatic nitrogens is 1. The van der Waals surface area contributed by atoms with Crippen LogP contribution in [0.2, 0.25) is 0 Å². The summed E-state index contributed by atoms with van der Waals surface area (Å²) >= 11 is 0. The van der Waals surface area contributed by atoms with E-state index in [0.717, 1.165) is 24.1 Å². The van der Waals surface area contributed by atoms with E-state index in [9.17, 15) is 0 Å². The maximum Gasteiger partial charge on any atom is 0.0708 e. The standard InChI is InChI=1S/C17H24N2/c1-12-11-16(14(18)9-10-17(2,3)4)19-15-8-6-5-7-13(12)15/h5-8,11,14H,9-10,18H2,1-4H3. The third-order valence-electron chi connectivity index (χ3n) is 3.53. The molecule has 0 fully saturated rings. The lowest BCUT2D eigenvalue weighted by Crippen LogP contribution is -2.16. The van der Waals surface area contributed by atoms with Crippen molar-refractivity contribution in [2.75, 3.05) is 0 Å². The summed E-state index contributed by atoms with van der Waals surface area (Å²) in [6.07, 6.45) is 2.09. The number of hydrogen-bond donors (Lipinski definition) is 1. The molecule has 0 bridgehead atoms. The van der Waals surface area contributed by atoms with Crippen LogP contribution in [0.1, 0.15) is 50.9 Å². The van der Waals surface area contributed by atoms with Gasteiger partial charge in [0, 0.05) is 11.4 Å². The Bertz CT molecular complexity index is 567. The normalized spacial score (nSPS) is 13.7. The Morgan fingerprint density at radius 1 is 1.21 bits per heavy atom. The summed E-state index contributed by atoms with van der Waals surface area (Å²) in [6, 6.07) is 10.4. The van der Waals surface area contributed by atoms with Crippen molar-refractivity contribution < 1.29 is 0 Å². The monoisotopic (exact) mass is 256 g/mol. The first-order chi connectivity index (χ1) is 8.87. The molecule has 1 unspecified atom stereocenters. The molecule has 0 saturated carbocycles. The number of rotatable bonds is 3. The topological polar surface area (TPSA) is 38.9 Å². The molecule has 0 radical (unpaired) electrons. The number of hydrogen-bond acceptors (Lipinski definition) is 2. The number of benzene rings is 1. The lowest BCUT2D eigenvalue weighted by molar-refractivity contribution is 0.348. The van der Waals surface area contributed by atoms with Crippen molar-refractivity contribution in [1.29, 1.82) is 0 Å². The Morgan fingerprint density at radius 3 is 2.58 bits per heavy atom. The molecule has 0 aliphatic heterocycles. The summed E-state index contributed by atoms with van der Waals surface area (Å²) in [5.74, 6) is 0. The Labute approximate surface area is 116 Å². The predicted molar refractivity (Wildman–Crippen MR) is 82.1 cm³/mol. The first kappa shape index (κ1) is 14.0. The molecule has 2 heteroatoms. The van der Waals surface area contributed by atoms with Crippen molar-refractivity contribution in [3.63, 3.8) is 0 Å². The van der Waals surface area contributed by atoms with E-state index in [1.807, 2.05) is 6.07 Å².